The largest absolute Gasteiger partial charge is 0.380 e. The monoisotopic (exact) mass is 260 g/mol. The van der Waals surface area contributed by atoms with Crippen LogP contribution >= 0.6 is 0 Å². The van der Waals surface area contributed by atoms with Gasteiger partial charge in [0, 0.05) is 45.1 Å². The Kier molecular flexibility index (Phi) is 4.52. The van der Waals surface area contributed by atoms with Crippen LogP contribution in [0.3, 0.4) is 0 Å². The molecule has 0 spiro atoms. The molecule has 1 aliphatic rings. The lowest BCUT2D eigenvalue weighted by Crippen LogP contribution is -2.47. The lowest BCUT2D eigenvalue weighted by molar-refractivity contribution is 0.0663. The Bertz CT molecular complexity index is 453. The highest BCUT2D eigenvalue weighted by Gasteiger charge is 2.20. The number of carbonyl (C=O) groups is 1. The quantitative estimate of drug-likeness (QED) is 0.823. The second kappa shape index (κ2) is 6.33. The lowest BCUT2D eigenvalue weighted by Gasteiger charge is -2.32. The van der Waals surface area contributed by atoms with E-state index in [1.54, 1.807) is 18.5 Å². The predicted octanol–water partition coefficient (Wildman–Crippen LogP) is 1.07. The fraction of sp³-hybridized carbons (Fsp3) is 0.429. The Morgan fingerprint density at radius 3 is 2.84 bits per heavy atom. The molecule has 2 heterocycles. The molecule has 1 fully saturated rings. The molecule has 0 aromatic carbocycles. The maximum absolute atomic E-state index is 12.4. The molecule has 1 amide bonds. The predicted molar refractivity (Wildman–Crippen MR) is 76.3 cm³/mol. The second-order valence-corrected chi connectivity index (χ2v) is 4.73. The van der Waals surface area contributed by atoms with E-state index in [-0.39, 0.29) is 5.91 Å². The van der Waals surface area contributed by atoms with Gasteiger partial charge in [0.25, 0.3) is 5.91 Å². The van der Waals surface area contributed by atoms with Gasteiger partial charge in [0.2, 0.25) is 0 Å². The van der Waals surface area contributed by atoms with Gasteiger partial charge in [0.05, 0.1) is 11.3 Å². The molecule has 102 valence electrons. The molecule has 1 aromatic rings. The number of carbonyl (C=O) groups excluding carboxylic acids is 1. The van der Waals surface area contributed by atoms with E-state index in [1.165, 1.54) is 0 Å². The molecular weight excluding hydrogens is 240 g/mol. The molecule has 1 saturated heterocycles. The molecular formula is C14H20N4O. The number of piperazine rings is 1. The van der Waals surface area contributed by atoms with Crippen molar-refractivity contribution >= 4 is 11.6 Å². The third-order valence-corrected chi connectivity index (χ3v) is 3.23. The van der Waals surface area contributed by atoms with E-state index in [0.29, 0.717) is 12.1 Å². The van der Waals surface area contributed by atoms with Crippen LogP contribution in [0.15, 0.2) is 31.1 Å². The van der Waals surface area contributed by atoms with Crippen molar-refractivity contribution in [1.82, 2.24) is 14.8 Å². The smallest absolute Gasteiger partial charge is 0.255 e. The first kappa shape index (κ1) is 13.5. The zero-order chi connectivity index (χ0) is 13.7. The Morgan fingerprint density at radius 2 is 2.16 bits per heavy atom. The van der Waals surface area contributed by atoms with Gasteiger partial charge in [0.15, 0.2) is 0 Å². The molecule has 0 bridgehead atoms. The van der Waals surface area contributed by atoms with Crippen LogP contribution < -0.4 is 5.32 Å². The third kappa shape index (κ3) is 3.54. The van der Waals surface area contributed by atoms with Gasteiger partial charge in [-0.05, 0) is 13.1 Å². The maximum Gasteiger partial charge on any atom is 0.255 e. The number of amides is 1. The number of pyridine rings is 1. The summed E-state index contributed by atoms with van der Waals surface area (Å²) < 4.78 is 0. The third-order valence-electron chi connectivity index (χ3n) is 3.23. The van der Waals surface area contributed by atoms with Crippen LogP contribution in [0.25, 0.3) is 0 Å². The molecule has 1 aromatic heterocycles. The molecule has 0 saturated carbocycles. The van der Waals surface area contributed by atoms with Crippen molar-refractivity contribution in [3.8, 4) is 0 Å². The van der Waals surface area contributed by atoms with E-state index in [1.807, 2.05) is 11.0 Å². The SMILES string of the molecule is C=CCNc1cncc(C(=O)N2CCN(C)CC2)c1. The van der Waals surface area contributed by atoms with Crippen LogP contribution in [0.2, 0.25) is 0 Å². The molecule has 5 nitrogen and oxygen atoms in total. The second-order valence-electron chi connectivity index (χ2n) is 4.73. The highest BCUT2D eigenvalue weighted by molar-refractivity contribution is 5.94. The fourth-order valence-electron chi connectivity index (χ4n) is 2.04. The highest BCUT2D eigenvalue weighted by Crippen LogP contribution is 2.12. The molecule has 0 unspecified atom stereocenters. The molecule has 1 N–H and O–H groups in total. The number of nitrogens with one attached hydrogen (secondary N) is 1. The fourth-order valence-corrected chi connectivity index (χ4v) is 2.04. The molecule has 1 aliphatic heterocycles. The zero-order valence-electron chi connectivity index (χ0n) is 11.3. The van der Waals surface area contributed by atoms with Gasteiger partial charge in [0.1, 0.15) is 0 Å². The minimum Gasteiger partial charge on any atom is -0.380 e. The number of hydrogen-bond acceptors (Lipinski definition) is 4. The van der Waals surface area contributed by atoms with Crippen molar-refractivity contribution in [2.75, 3.05) is 45.1 Å². The number of aromatic nitrogens is 1. The van der Waals surface area contributed by atoms with Crippen molar-refractivity contribution in [3.05, 3.63) is 36.7 Å². The van der Waals surface area contributed by atoms with Crippen molar-refractivity contribution in [1.29, 1.82) is 0 Å². The van der Waals surface area contributed by atoms with Crippen molar-refractivity contribution in [3.63, 3.8) is 0 Å². The molecule has 5 heteroatoms. The van der Waals surface area contributed by atoms with Crippen LogP contribution in [0.5, 0.6) is 0 Å². The van der Waals surface area contributed by atoms with E-state index < -0.39 is 0 Å². The average Bonchev–Trinajstić information content (AvgIpc) is 2.45. The Morgan fingerprint density at radius 1 is 1.42 bits per heavy atom. The van der Waals surface area contributed by atoms with Gasteiger partial charge < -0.3 is 15.1 Å². The van der Waals surface area contributed by atoms with Gasteiger partial charge >= 0.3 is 0 Å². The number of likely N-dealkylation sites (N-methyl/N-ethyl adjacent to an activating group) is 1. The van der Waals surface area contributed by atoms with Gasteiger partial charge in [-0.3, -0.25) is 9.78 Å². The van der Waals surface area contributed by atoms with E-state index in [9.17, 15) is 4.79 Å². The molecule has 0 aliphatic carbocycles. The summed E-state index contributed by atoms with van der Waals surface area (Å²) in [5.74, 6) is 0.0582. The Balaban J connectivity index is 2.04. The van der Waals surface area contributed by atoms with Gasteiger partial charge in [-0.15, -0.1) is 6.58 Å². The summed E-state index contributed by atoms with van der Waals surface area (Å²) in [6, 6.07) is 1.84. The summed E-state index contributed by atoms with van der Waals surface area (Å²) in [5, 5.41) is 3.14. The minimum absolute atomic E-state index is 0.0582. The number of rotatable bonds is 4. The topological polar surface area (TPSA) is 48.5 Å². The normalized spacial score (nSPS) is 16.2. The van der Waals surface area contributed by atoms with Crippen molar-refractivity contribution in [2.24, 2.45) is 0 Å². The summed E-state index contributed by atoms with van der Waals surface area (Å²) in [6.45, 7) is 7.71. The first-order chi connectivity index (χ1) is 9.20. The summed E-state index contributed by atoms with van der Waals surface area (Å²) >= 11 is 0. The lowest BCUT2D eigenvalue weighted by atomic mass is 10.2. The van der Waals surface area contributed by atoms with Gasteiger partial charge in [-0.25, -0.2) is 0 Å². The van der Waals surface area contributed by atoms with Crippen molar-refractivity contribution < 1.29 is 4.79 Å². The van der Waals surface area contributed by atoms with Gasteiger partial charge in [-0.1, -0.05) is 6.08 Å². The van der Waals surface area contributed by atoms with Crippen molar-refractivity contribution in [2.45, 2.75) is 0 Å². The van der Waals surface area contributed by atoms with Crippen LogP contribution in [0.1, 0.15) is 10.4 Å². The number of hydrogen-bond donors (Lipinski definition) is 1. The van der Waals surface area contributed by atoms with Crippen LogP contribution in [0, 0.1) is 0 Å². The number of nitrogens with zero attached hydrogens (tertiary/aromatic N) is 3. The zero-order valence-corrected chi connectivity index (χ0v) is 11.3. The van der Waals surface area contributed by atoms with E-state index in [2.05, 4.69) is 28.8 Å². The van der Waals surface area contributed by atoms with E-state index in [4.69, 9.17) is 0 Å². The highest BCUT2D eigenvalue weighted by atomic mass is 16.2. The van der Waals surface area contributed by atoms with Crippen LogP contribution in [0.4, 0.5) is 5.69 Å². The summed E-state index contributed by atoms with van der Waals surface area (Å²) in [4.78, 5) is 20.6. The summed E-state index contributed by atoms with van der Waals surface area (Å²) in [6.07, 6.45) is 5.11. The van der Waals surface area contributed by atoms with E-state index >= 15 is 0 Å². The number of anilines is 1. The Labute approximate surface area is 113 Å². The first-order valence-electron chi connectivity index (χ1n) is 6.48. The van der Waals surface area contributed by atoms with Crippen LogP contribution in [-0.4, -0.2) is 60.5 Å². The maximum atomic E-state index is 12.4. The molecule has 19 heavy (non-hydrogen) atoms. The summed E-state index contributed by atoms with van der Waals surface area (Å²) in [5.41, 5.74) is 1.48. The van der Waals surface area contributed by atoms with E-state index in [0.717, 1.165) is 31.9 Å². The molecule has 2 rings (SSSR count). The summed E-state index contributed by atoms with van der Waals surface area (Å²) in [7, 11) is 2.07. The minimum atomic E-state index is 0.0582. The average molecular weight is 260 g/mol. The molecule has 0 radical (unpaired) electrons. The standard InChI is InChI=1S/C14H20N4O/c1-3-4-16-13-9-12(10-15-11-13)14(19)18-7-5-17(2)6-8-18/h3,9-11,16H,1,4-8H2,2H3. The molecule has 0 atom stereocenters. The van der Waals surface area contributed by atoms with Crippen LogP contribution in [-0.2, 0) is 0 Å². The van der Waals surface area contributed by atoms with Gasteiger partial charge in [-0.2, -0.15) is 0 Å². The first-order valence-corrected chi connectivity index (χ1v) is 6.48. The Hall–Kier alpha value is -1.88.